The van der Waals surface area contributed by atoms with Gasteiger partial charge < -0.3 is 4.74 Å². The fraction of sp³-hybridized carbons (Fsp3) is 0.286. The van der Waals surface area contributed by atoms with Gasteiger partial charge in [0.05, 0.1) is 0 Å². The normalized spacial score (nSPS) is 15.4. The van der Waals surface area contributed by atoms with Crippen LogP contribution in [-0.4, -0.2) is 0 Å². The van der Waals surface area contributed by atoms with Crippen molar-refractivity contribution in [2.45, 2.75) is 20.8 Å². The lowest BCUT2D eigenvalue weighted by atomic mass is 9.90. The molecule has 1 aliphatic heterocycles. The molecule has 0 saturated heterocycles. The van der Waals surface area contributed by atoms with Gasteiger partial charge in [0.15, 0.2) is 0 Å². The van der Waals surface area contributed by atoms with Gasteiger partial charge in [0.1, 0.15) is 11.5 Å². The number of fused-ring (bicyclic) bond motifs is 1. The Morgan fingerprint density at radius 1 is 1.13 bits per heavy atom. The summed E-state index contributed by atoms with van der Waals surface area (Å²) in [7, 11) is 0. The van der Waals surface area contributed by atoms with Crippen molar-refractivity contribution in [3.8, 4) is 5.75 Å². The molecule has 0 radical (unpaired) electrons. The van der Waals surface area contributed by atoms with Gasteiger partial charge in [0.2, 0.25) is 0 Å². The molecule has 1 aliphatic rings. The molecule has 1 nitrogen and oxygen atoms in total. The Hall–Kier alpha value is -1.50. The lowest BCUT2D eigenvalue weighted by molar-refractivity contribution is 0.291. The summed E-state index contributed by atoms with van der Waals surface area (Å²) in [6.45, 7) is 10.5. The van der Waals surface area contributed by atoms with Crippen molar-refractivity contribution in [3.05, 3.63) is 48.2 Å². The number of benzene rings is 1. The highest BCUT2D eigenvalue weighted by atomic mass is 16.5. The minimum atomic E-state index is 0.0243. The zero-order chi connectivity index (χ0) is 11.1. The first kappa shape index (κ1) is 10.0. The summed E-state index contributed by atoms with van der Waals surface area (Å²) in [6, 6.07) is 8.01. The second-order valence-electron chi connectivity index (χ2n) is 4.88. The molecule has 0 saturated carbocycles. The van der Waals surface area contributed by atoms with Gasteiger partial charge in [0.25, 0.3) is 0 Å². The van der Waals surface area contributed by atoms with E-state index in [9.17, 15) is 0 Å². The highest BCUT2D eigenvalue weighted by Gasteiger charge is 2.24. The predicted octanol–water partition coefficient (Wildman–Crippen LogP) is 4.02. The third-order valence-electron chi connectivity index (χ3n) is 2.50. The van der Waals surface area contributed by atoms with Crippen molar-refractivity contribution >= 4 is 5.57 Å². The van der Waals surface area contributed by atoms with Crippen molar-refractivity contribution in [3.63, 3.8) is 0 Å². The van der Waals surface area contributed by atoms with Crippen LogP contribution in [0.3, 0.4) is 0 Å². The summed E-state index contributed by atoms with van der Waals surface area (Å²) >= 11 is 0. The van der Waals surface area contributed by atoms with Gasteiger partial charge in [0, 0.05) is 11.0 Å². The second kappa shape index (κ2) is 3.27. The third-order valence-corrected chi connectivity index (χ3v) is 2.50. The molecule has 0 fully saturated rings. The van der Waals surface area contributed by atoms with E-state index in [-0.39, 0.29) is 5.41 Å². The predicted molar refractivity (Wildman–Crippen MR) is 63.6 cm³/mol. The molecular formula is C14H16O. The lowest BCUT2D eigenvalue weighted by Gasteiger charge is -2.28. The summed E-state index contributed by atoms with van der Waals surface area (Å²) in [5.41, 5.74) is 2.14. The van der Waals surface area contributed by atoms with Gasteiger partial charge in [-0.05, 0) is 17.7 Å². The molecule has 0 spiro atoms. The van der Waals surface area contributed by atoms with Crippen LogP contribution in [0.15, 0.2) is 42.7 Å². The average Bonchev–Trinajstić information content (AvgIpc) is 2.16. The van der Waals surface area contributed by atoms with Crippen LogP contribution in [0.1, 0.15) is 26.3 Å². The summed E-state index contributed by atoms with van der Waals surface area (Å²) in [4.78, 5) is 0. The van der Waals surface area contributed by atoms with Crippen molar-refractivity contribution in [2.24, 2.45) is 5.41 Å². The molecule has 0 unspecified atom stereocenters. The molecule has 1 heterocycles. The van der Waals surface area contributed by atoms with E-state index in [1.165, 1.54) is 0 Å². The van der Waals surface area contributed by atoms with E-state index < -0.39 is 0 Å². The minimum absolute atomic E-state index is 0.0243. The van der Waals surface area contributed by atoms with Crippen molar-refractivity contribution in [1.29, 1.82) is 0 Å². The maximum absolute atomic E-state index is 5.87. The number of allylic oxidation sites excluding steroid dienone is 3. The fourth-order valence-corrected chi connectivity index (χ4v) is 1.57. The Kier molecular flexibility index (Phi) is 2.18. The molecule has 1 aromatic carbocycles. The van der Waals surface area contributed by atoms with Crippen LogP contribution in [0.25, 0.3) is 5.57 Å². The van der Waals surface area contributed by atoms with Crippen molar-refractivity contribution < 1.29 is 4.74 Å². The largest absolute Gasteiger partial charge is 0.461 e. The smallest absolute Gasteiger partial charge is 0.134 e. The lowest BCUT2D eigenvalue weighted by Crippen LogP contribution is -2.17. The van der Waals surface area contributed by atoms with Crippen LogP contribution >= 0.6 is 0 Å². The zero-order valence-electron chi connectivity index (χ0n) is 9.50. The molecule has 0 aliphatic carbocycles. The van der Waals surface area contributed by atoms with E-state index in [0.29, 0.717) is 0 Å². The Labute approximate surface area is 91.1 Å². The molecule has 0 N–H and O–H groups in total. The highest BCUT2D eigenvalue weighted by Crippen LogP contribution is 2.38. The molecule has 78 valence electrons. The molecule has 0 aromatic heterocycles. The van der Waals surface area contributed by atoms with Gasteiger partial charge in [-0.25, -0.2) is 0 Å². The Morgan fingerprint density at radius 3 is 2.47 bits per heavy atom. The standard InChI is InChI=1S/C14H16O/c1-10-9-13(14(2,3)4)15-12-8-6-5-7-11(10)12/h5-9H,1H2,2-4H3. The summed E-state index contributed by atoms with van der Waals surface area (Å²) in [5.74, 6) is 1.89. The number of para-hydroxylation sites is 1. The molecule has 0 bridgehead atoms. The quantitative estimate of drug-likeness (QED) is 0.614. The fourth-order valence-electron chi connectivity index (χ4n) is 1.57. The van der Waals surface area contributed by atoms with Gasteiger partial charge in [-0.2, -0.15) is 0 Å². The molecule has 0 amide bonds. The van der Waals surface area contributed by atoms with Crippen LogP contribution in [0.2, 0.25) is 0 Å². The van der Waals surface area contributed by atoms with Crippen LogP contribution in [0.4, 0.5) is 0 Å². The average molecular weight is 200 g/mol. The van der Waals surface area contributed by atoms with Gasteiger partial charge in [-0.3, -0.25) is 0 Å². The van der Waals surface area contributed by atoms with Gasteiger partial charge >= 0.3 is 0 Å². The first-order chi connectivity index (χ1) is 6.98. The molecule has 1 aromatic rings. The molecule has 15 heavy (non-hydrogen) atoms. The van der Waals surface area contributed by atoms with E-state index >= 15 is 0 Å². The van der Waals surface area contributed by atoms with E-state index in [2.05, 4.69) is 27.4 Å². The van der Waals surface area contributed by atoms with E-state index in [4.69, 9.17) is 4.74 Å². The third kappa shape index (κ3) is 1.82. The van der Waals surface area contributed by atoms with Gasteiger partial charge in [-0.15, -0.1) is 0 Å². The summed E-state index contributed by atoms with van der Waals surface area (Å²) in [6.07, 6.45) is 2.03. The number of ether oxygens (including phenoxy) is 1. The molecule has 0 atom stereocenters. The minimum Gasteiger partial charge on any atom is -0.461 e. The molecule has 1 heteroatoms. The first-order valence-electron chi connectivity index (χ1n) is 5.17. The number of hydrogen-bond donors (Lipinski definition) is 0. The SMILES string of the molecule is C=C1C=C(C(C)(C)C)Oc2ccccc21. The number of rotatable bonds is 0. The van der Waals surface area contributed by atoms with E-state index in [0.717, 1.165) is 22.6 Å². The molecular weight excluding hydrogens is 184 g/mol. The van der Waals surface area contributed by atoms with E-state index in [1.807, 2.05) is 30.3 Å². The van der Waals surface area contributed by atoms with Crippen LogP contribution < -0.4 is 4.74 Å². The van der Waals surface area contributed by atoms with Crippen molar-refractivity contribution in [2.75, 3.05) is 0 Å². The Morgan fingerprint density at radius 2 is 1.80 bits per heavy atom. The zero-order valence-corrected chi connectivity index (χ0v) is 9.50. The maximum atomic E-state index is 5.87. The van der Waals surface area contributed by atoms with Crippen molar-refractivity contribution in [1.82, 2.24) is 0 Å². The van der Waals surface area contributed by atoms with E-state index in [1.54, 1.807) is 0 Å². The Balaban J connectivity index is 2.45. The second-order valence-corrected chi connectivity index (χ2v) is 4.88. The molecule has 2 rings (SSSR count). The topological polar surface area (TPSA) is 9.23 Å². The van der Waals surface area contributed by atoms with Crippen LogP contribution in [0.5, 0.6) is 5.75 Å². The highest BCUT2D eigenvalue weighted by molar-refractivity contribution is 5.78. The maximum Gasteiger partial charge on any atom is 0.134 e. The summed E-state index contributed by atoms with van der Waals surface area (Å²) in [5, 5.41) is 0. The Bertz CT molecular complexity index is 433. The monoisotopic (exact) mass is 200 g/mol. The summed E-state index contributed by atoms with van der Waals surface area (Å²) < 4.78 is 5.87. The van der Waals surface area contributed by atoms with Crippen LogP contribution in [0, 0.1) is 5.41 Å². The van der Waals surface area contributed by atoms with Crippen LogP contribution in [-0.2, 0) is 0 Å². The van der Waals surface area contributed by atoms with Gasteiger partial charge in [-0.1, -0.05) is 45.5 Å². The first-order valence-corrected chi connectivity index (χ1v) is 5.17. The number of hydrogen-bond acceptors (Lipinski definition) is 1.